The minimum Gasteiger partial charge on any atom is -0.356 e. The van der Waals surface area contributed by atoms with Crippen molar-refractivity contribution in [2.24, 2.45) is 17.1 Å². The van der Waals surface area contributed by atoms with E-state index in [1.807, 2.05) is 0 Å². The predicted octanol–water partition coefficient (Wildman–Crippen LogP) is 4.14. The predicted molar refractivity (Wildman–Crippen MR) is 153 cm³/mol. The van der Waals surface area contributed by atoms with Gasteiger partial charge < -0.3 is 16.0 Å². The van der Waals surface area contributed by atoms with E-state index in [9.17, 15) is 22.6 Å². The van der Waals surface area contributed by atoms with Crippen molar-refractivity contribution in [3.63, 3.8) is 0 Å². The molecule has 2 amide bonds. The molecule has 2 aromatic heterocycles. The summed E-state index contributed by atoms with van der Waals surface area (Å²) in [6.07, 6.45) is 7.17. The lowest BCUT2D eigenvalue weighted by atomic mass is 9.99. The molecule has 3 aromatic rings. The number of nitrogens with zero attached hydrogens (tertiary/aromatic N) is 5. The number of halogens is 2. The molecule has 218 valence electrons. The van der Waals surface area contributed by atoms with Gasteiger partial charge in [-0.15, -0.1) is 0 Å². The average Bonchev–Trinajstić information content (AvgIpc) is 3.57. The van der Waals surface area contributed by atoms with Gasteiger partial charge in [-0.25, -0.2) is 18.0 Å². The molecule has 2 fully saturated rings. The molecule has 1 saturated heterocycles. The quantitative estimate of drug-likeness (QED) is 0.444. The monoisotopic (exact) mass is 585 g/mol. The lowest BCUT2D eigenvalue weighted by Crippen LogP contribution is -2.32. The molecular formula is C28H33F2N7O3S. The largest absolute Gasteiger partial charge is 0.356 e. The smallest absolute Gasteiger partial charge is 0.274 e. The summed E-state index contributed by atoms with van der Waals surface area (Å²) in [5.41, 5.74) is 7.52. The van der Waals surface area contributed by atoms with Gasteiger partial charge in [0.1, 0.15) is 5.82 Å². The molecule has 3 heterocycles. The van der Waals surface area contributed by atoms with Crippen LogP contribution in [-0.2, 0) is 21.6 Å². The number of carbonyl (C=O) groups excluding carboxylic acids is 2. The number of nitrogens with one attached hydrogen (secondary N) is 1. The summed E-state index contributed by atoms with van der Waals surface area (Å²) < 4.78 is 47.2. The Bertz CT molecular complexity index is 1640. The molecule has 0 bridgehead atoms. The molecule has 0 radical (unpaired) electrons. The molecule has 41 heavy (non-hydrogen) atoms. The van der Waals surface area contributed by atoms with Gasteiger partial charge in [0.25, 0.3) is 11.8 Å². The lowest BCUT2D eigenvalue weighted by Gasteiger charge is -2.26. The maximum Gasteiger partial charge on any atom is 0.274 e. The van der Waals surface area contributed by atoms with Crippen molar-refractivity contribution < 1.29 is 22.6 Å². The van der Waals surface area contributed by atoms with E-state index in [0.29, 0.717) is 42.0 Å². The molecule has 13 heteroatoms. The number of rotatable bonds is 6. The summed E-state index contributed by atoms with van der Waals surface area (Å²) in [5.74, 6) is -3.55. The van der Waals surface area contributed by atoms with E-state index in [2.05, 4.69) is 19.8 Å². The summed E-state index contributed by atoms with van der Waals surface area (Å²) in [6.45, 7) is 2.17. The number of aryl methyl sites for hydroxylation is 1. The second kappa shape index (κ2) is 10.6. The van der Waals surface area contributed by atoms with E-state index in [-0.39, 0.29) is 36.3 Å². The van der Waals surface area contributed by atoms with Crippen LogP contribution in [0.2, 0.25) is 0 Å². The number of hydrogen-bond acceptors (Lipinski definition) is 7. The molecule has 5 rings (SSSR count). The molecule has 1 saturated carbocycles. The van der Waals surface area contributed by atoms with E-state index in [4.69, 9.17) is 5.73 Å². The zero-order valence-corrected chi connectivity index (χ0v) is 24.0. The van der Waals surface area contributed by atoms with Gasteiger partial charge >= 0.3 is 0 Å². The third kappa shape index (κ3) is 6.15. The highest BCUT2D eigenvalue weighted by atomic mass is 32.2. The van der Waals surface area contributed by atoms with E-state index in [1.54, 1.807) is 60.3 Å². The SMILES string of the molecule is Cc1c(-c2cnn(C)c2)cnc(N2CCCC(F)(F)CC2)c1C(=O)Nc1cccc(S(C)(=O)=NC(=O)C2(N)CC2)c1. The molecule has 0 spiro atoms. The van der Waals surface area contributed by atoms with Crippen LogP contribution in [0.15, 0.2) is 52.1 Å². The van der Waals surface area contributed by atoms with Crippen LogP contribution in [0.4, 0.5) is 20.3 Å². The number of carbonyl (C=O) groups is 2. The fourth-order valence-corrected chi connectivity index (χ4v) is 6.16. The topological polar surface area (TPSA) is 136 Å². The first-order valence-electron chi connectivity index (χ1n) is 13.4. The number of pyridine rings is 1. The normalized spacial score (nSPS) is 19.1. The van der Waals surface area contributed by atoms with Crippen molar-refractivity contribution in [3.8, 4) is 11.1 Å². The van der Waals surface area contributed by atoms with Gasteiger partial charge in [-0.2, -0.15) is 9.46 Å². The second-order valence-corrected chi connectivity index (χ2v) is 13.2. The Labute approximate surface area is 237 Å². The highest BCUT2D eigenvalue weighted by Gasteiger charge is 2.46. The standard InChI is InChI=1S/C28H33F2N7O3S/c1-18-22(19-15-33-36(2)17-19)16-32-24(37-12-5-8-28(29,30)11-13-37)23(18)25(38)34-20-6-4-7-21(14-20)41(3,40)35-26(39)27(31)9-10-27/h4,6-7,14-17H,5,8-13,31H2,1-3H3,(H,34,38). The molecule has 3 N–H and O–H groups in total. The Balaban J connectivity index is 1.50. The number of hydrogen-bond donors (Lipinski definition) is 2. The Hall–Kier alpha value is -3.71. The molecule has 1 aromatic carbocycles. The summed E-state index contributed by atoms with van der Waals surface area (Å²) in [7, 11) is -1.34. The summed E-state index contributed by atoms with van der Waals surface area (Å²) in [4.78, 5) is 32.9. The van der Waals surface area contributed by atoms with Crippen molar-refractivity contribution in [2.45, 2.75) is 55.4 Å². The zero-order valence-electron chi connectivity index (χ0n) is 23.2. The van der Waals surface area contributed by atoms with E-state index < -0.39 is 33.0 Å². The van der Waals surface area contributed by atoms with Gasteiger partial charge in [-0.1, -0.05) is 6.07 Å². The molecule has 1 aliphatic carbocycles. The van der Waals surface area contributed by atoms with Gasteiger partial charge in [0.05, 0.1) is 27.0 Å². The minimum absolute atomic E-state index is 0.0531. The maximum atomic E-state index is 14.2. The van der Waals surface area contributed by atoms with Gasteiger partial charge in [-0.3, -0.25) is 14.3 Å². The Morgan fingerprint density at radius 1 is 1.15 bits per heavy atom. The van der Waals surface area contributed by atoms with Crippen molar-refractivity contribution in [1.82, 2.24) is 14.8 Å². The lowest BCUT2D eigenvalue weighted by molar-refractivity contribution is -0.119. The van der Waals surface area contributed by atoms with Gasteiger partial charge in [0, 0.05) is 73.3 Å². The first-order valence-corrected chi connectivity index (χ1v) is 15.3. The molecule has 2 aliphatic rings. The average molecular weight is 586 g/mol. The molecule has 10 nitrogen and oxygen atoms in total. The fraction of sp³-hybridized carbons (Fsp3) is 0.429. The minimum atomic E-state index is -3.12. The number of aromatic nitrogens is 3. The summed E-state index contributed by atoms with van der Waals surface area (Å²) >= 11 is 0. The number of benzene rings is 1. The fourth-order valence-electron chi connectivity index (χ4n) is 4.88. The second-order valence-electron chi connectivity index (χ2n) is 10.9. The van der Waals surface area contributed by atoms with Crippen LogP contribution in [0, 0.1) is 6.92 Å². The third-order valence-corrected chi connectivity index (χ3v) is 9.22. The van der Waals surface area contributed by atoms with Crippen LogP contribution < -0.4 is 16.0 Å². The highest BCUT2D eigenvalue weighted by Crippen LogP contribution is 2.36. The van der Waals surface area contributed by atoms with E-state index in [0.717, 1.165) is 5.56 Å². The van der Waals surface area contributed by atoms with Crippen LogP contribution in [0.3, 0.4) is 0 Å². The van der Waals surface area contributed by atoms with Crippen LogP contribution in [0.1, 0.15) is 48.0 Å². The number of anilines is 2. The Morgan fingerprint density at radius 2 is 1.90 bits per heavy atom. The molecular weight excluding hydrogens is 552 g/mol. The molecule has 1 unspecified atom stereocenters. The zero-order chi connectivity index (χ0) is 29.6. The van der Waals surface area contributed by atoms with Gasteiger partial charge in [-0.05, 0) is 49.9 Å². The first kappa shape index (κ1) is 28.8. The van der Waals surface area contributed by atoms with Crippen molar-refractivity contribution >= 4 is 33.0 Å². The van der Waals surface area contributed by atoms with Gasteiger partial charge in [0.15, 0.2) is 0 Å². The Morgan fingerprint density at radius 3 is 2.59 bits per heavy atom. The first-order chi connectivity index (χ1) is 19.3. The highest BCUT2D eigenvalue weighted by molar-refractivity contribution is 7.93. The van der Waals surface area contributed by atoms with Gasteiger partial charge in [0.2, 0.25) is 5.92 Å². The molecule has 1 atom stereocenters. The summed E-state index contributed by atoms with van der Waals surface area (Å²) in [5, 5.41) is 7.07. The van der Waals surface area contributed by atoms with Crippen molar-refractivity contribution in [2.75, 3.05) is 29.6 Å². The van der Waals surface area contributed by atoms with E-state index in [1.165, 1.54) is 12.3 Å². The van der Waals surface area contributed by atoms with Crippen LogP contribution in [0.25, 0.3) is 11.1 Å². The summed E-state index contributed by atoms with van der Waals surface area (Å²) in [6, 6.07) is 6.32. The van der Waals surface area contributed by atoms with Crippen LogP contribution in [-0.4, -0.2) is 61.6 Å². The number of alkyl halides is 2. The maximum absolute atomic E-state index is 14.2. The third-order valence-electron chi connectivity index (χ3n) is 7.58. The van der Waals surface area contributed by atoms with Crippen LogP contribution >= 0.6 is 0 Å². The Kier molecular flexibility index (Phi) is 7.45. The number of amides is 2. The van der Waals surface area contributed by atoms with Crippen LogP contribution in [0.5, 0.6) is 0 Å². The van der Waals surface area contributed by atoms with Crippen molar-refractivity contribution in [3.05, 3.63) is 54.0 Å². The van der Waals surface area contributed by atoms with E-state index >= 15 is 0 Å². The molecule has 1 aliphatic heterocycles. The van der Waals surface area contributed by atoms with Crippen molar-refractivity contribution in [1.29, 1.82) is 0 Å². The number of nitrogens with two attached hydrogens (primary N) is 1.